The molecule has 0 aliphatic heterocycles. The van der Waals surface area contributed by atoms with E-state index in [0.29, 0.717) is 0 Å². The largest absolute Gasteiger partial charge is 0.379 e. The van der Waals surface area contributed by atoms with Crippen LogP contribution in [0, 0.1) is 5.41 Å². The molecule has 0 saturated heterocycles. The van der Waals surface area contributed by atoms with Crippen LogP contribution >= 0.6 is 0 Å². The molecule has 0 saturated carbocycles. The highest BCUT2D eigenvalue weighted by Gasteiger charge is 2.30. The highest BCUT2D eigenvalue weighted by Crippen LogP contribution is 2.25. The molecular formula is C13H25N3O. The van der Waals surface area contributed by atoms with Crippen LogP contribution in [0.3, 0.4) is 0 Å². The van der Waals surface area contributed by atoms with Crippen LogP contribution in [0.25, 0.3) is 0 Å². The van der Waals surface area contributed by atoms with Crippen LogP contribution in [0.5, 0.6) is 0 Å². The Morgan fingerprint density at radius 1 is 1.47 bits per heavy atom. The normalized spacial score (nSPS) is 15.9. The zero-order valence-corrected chi connectivity index (χ0v) is 11.6. The fourth-order valence-corrected chi connectivity index (χ4v) is 2.23. The molecule has 0 radical (unpaired) electrons. The summed E-state index contributed by atoms with van der Waals surface area (Å²) >= 11 is 0. The molecule has 0 aliphatic carbocycles. The molecule has 0 aliphatic rings. The number of hydrogen-bond donors (Lipinski definition) is 1. The van der Waals surface area contributed by atoms with Gasteiger partial charge in [0.15, 0.2) is 0 Å². The molecule has 0 bridgehead atoms. The highest BCUT2D eigenvalue weighted by molar-refractivity contribution is 5.07. The number of nitrogens with zero attached hydrogens (tertiary/aromatic N) is 2. The van der Waals surface area contributed by atoms with Gasteiger partial charge in [0.05, 0.1) is 12.3 Å². The standard InChI is InChI=1S/C13H25N3O/c1-6-16-9-10(8-15-16)7-11(14)12(17-5)13(2,3)4/h8-9,11-12H,6-7,14H2,1-5H3. The van der Waals surface area contributed by atoms with E-state index in [-0.39, 0.29) is 17.6 Å². The molecule has 0 aromatic carbocycles. The van der Waals surface area contributed by atoms with Crippen LogP contribution in [0.2, 0.25) is 0 Å². The third kappa shape index (κ3) is 3.82. The minimum absolute atomic E-state index is 0.00509. The summed E-state index contributed by atoms with van der Waals surface area (Å²) in [7, 11) is 1.73. The Kier molecular flexibility index (Phi) is 4.71. The van der Waals surface area contributed by atoms with Crippen LogP contribution < -0.4 is 5.73 Å². The second kappa shape index (κ2) is 5.65. The lowest BCUT2D eigenvalue weighted by Gasteiger charge is -2.33. The molecule has 1 rings (SSSR count). The van der Waals surface area contributed by atoms with Gasteiger partial charge in [-0.1, -0.05) is 20.8 Å². The van der Waals surface area contributed by atoms with Crippen molar-refractivity contribution in [3.63, 3.8) is 0 Å². The maximum absolute atomic E-state index is 6.24. The molecule has 0 fully saturated rings. The van der Waals surface area contributed by atoms with Crippen molar-refractivity contribution >= 4 is 0 Å². The number of aromatic nitrogens is 2. The average molecular weight is 239 g/mol. The van der Waals surface area contributed by atoms with Crippen molar-refractivity contribution in [3.05, 3.63) is 18.0 Å². The van der Waals surface area contributed by atoms with Crippen molar-refractivity contribution in [2.45, 2.75) is 52.8 Å². The molecule has 4 nitrogen and oxygen atoms in total. The van der Waals surface area contributed by atoms with Crippen LogP contribution in [0.1, 0.15) is 33.3 Å². The van der Waals surface area contributed by atoms with Gasteiger partial charge in [0, 0.05) is 25.9 Å². The summed E-state index contributed by atoms with van der Waals surface area (Å²) in [5, 5.41) is 4.26. The number of methoxy groups -OCH3 is 1. The molecule has 98 valence electrons. The first-order valence-corrected chi connectivity index (χ1v) is 6.18. The zero-order valence-electron chi connectivity index (χ0n) is 11.6. The maximum atomic E-state index is 6.24. The summed E-state index contributed by atoms with van der Waals surface area (Å²) < 4.78 is 7.45. The first-order valence-electron chi connectivity index (χ1n) is 6.18. The Balaban J connectivity index is 2.67. The maximum Gasteiger partial charge on any atom is 0.0773 e. The summed E-state index contributed by atoms with van der Waals surface area (Å²) in [6.07, 6.45) is 4.79. The lowest BCUT2D eigenvalue weighted by atomic mass is 9.83. The van der Waals surface area contributed by atoms with E-state index in [4.69, 9.17) is 10.5 Å². The summed E-state index contributed by atoms with van der Waals surface area (Å²) in [6, 6.07) is -0.00509. The quantitative estimate of drug-likeness (QED) is 0.853. The SMILES string of the molecule is CCn1cc(CC(N)C(OC)C(C)(C)C)cn1. The fourth-order valence-electron chi connectivity index (χ4n) is 2.23. The van der Waals surface area contributed by atoms with Gasteiger partial charge in [-0.05, 0) is 24.3 Å². The third-order valence-corrected chi connectivity index (χ3v) is 2.98. The minimum atomic E-state index is -0.00509. The average Bonchev–Trinajstić information content (AvgIpc) is 2.64. The highest BCUT2D eigenvalue weighted by atomic mass is 16.5. The van der Waals surface area contributed by atoms with E-state index in [0.717, 1.165) is 13.0 Å². The van der Waals surface area contributed by atoms with Crippen LogP contribution in [0.15, 0.2) is 12.4 Å². The van der Waals surface area contributed by atoms with Crippen LogP contribution in [-0.4, -0.2) is 29.0 Å². The molecule has 2 unspecified atom stereocenters. The molecule has 4 heteroatoms. The van der Waals surface area contributed by atoms with E-state index < -0.39 is 0 Å². The molecule has 1 aromatic rings. The van der Waals surface area contributed by atoms with E-state index in [1.807, 2.05) is 10.9 Å². The van der Waals surface area contributed by atoms with Gasteiger partial charge < -0.3 is 10.5 Å². The summed E-state index contributed by atoms with van der Waals surface area (Å²) in [4.78, 5) is 0. The van der Waals surface area contributed by atoms with Gasteiger partial charge in [0.2, 0.25) is 0 Å². The van der Waals surface area contributed by atoms with Crippen molar-refractivity contribution in [2.75, 3.05) is 7.11 Å². The lowest BCUT2D eigenvalue weighted by molar-refractivity contribution is -0.00165. The summed E-state index contributed by atoms with van der Waals surface area (Å²) in [5.41, 5.74) is 7.46. The Labute approximate surface area is 104 Å². The molecule has 17 heavy (non-hydrogen) atoms. The first-order chi connectivity index (χ1) is 7.88. The Bertz CT molecular complexity index is 341. The van der Waals surface area contributed by atoms with Crippen molar-refractivity contribution < 1.29 is 4.74 Å². The molecule has 2 N–H and O–H groups in total. The number of rotatable bonds is 5. The van der Waals surface area contributed by atoms with Crippen molar-refractivity contribution in [3.8, 4) is 0 Å². The van der Waals surface area contributed by atoms with Gasteiger partial charge in [0.25, 0.3) is 0 Å². The lowest BCUT2D eigenvalue weighted by Crippen LogP contribution is -2.45. The monoisotopic (exact) mass is 239 g/mol. The molecule has 1 aromatic heterocycles. The number of aryl methyl sites for hydroxylation is 1. The number of ether oxygens (including phenoxy) is 1. The third-order valence-electron chi connectivity index (χ3n) is 2.98. The second-order valence-corrected chi connectivity index (χ2v) is 5.59. The van der Waals surface area contributed by atoms with Gasteiger partial charge in [0.1, 0.15) is 0 Å². The van der Waals surface area contributed by atoms with E-state index in [1.54, 1.807) is 7.11 Å². The van der Waals surface area contributed by atoms with Crippen molar-refractivity contribution in [1.29, 1.82) is 0 Å². The zero-order chi connectivity index (χ0) is 13.1. The van der Waals surface area contributed by atoms with Crippen LogP contribution in [-0.2, 0) is 17.7 Å². The van der Waals surface area contributed by atoms with Gasteiger partial charge in [-0.3, -0.25) is 4.68 Å². The van der Waals surface area contributed by atoms with E-state index >= 15 is 0 Å². The molecule has 0 amide bonds. The Hall–Kier alpha value is -0.870. The first kappa shape index (κ1) is 14.2. The summed E-state index contributed by atoms with van der Waals surface area (Å²) in [6.45, 7) is 9.41. The second-order valence-electron chi connectivity index (χ2n) is 5.59. The van der Waals surface area contributed by atoms with Crippen molar-refractivity contribution in [2.24, 2.45) is 11.1 Å². The molecule has 2 atom stereocenters. The Morgan fingerprint density at radius 3 is 2.53 bits per heavy atom. The predicted molar refractivity (Wildman–Crippen MR) is 69.8 cm³/mol. The topological polar surface area (TPSA) is 53.1 Å². The number of hydrogen-bond acceptors (Lipinski definition) is 3. The molecule has 0 spiro atoms. The van der Waals surface area contributed by atoms with Gasteiger partial charge in [-0.25, -0.2) is 0 Å². The van der Waals surface area contributed by atoms with Crippen molar-refractivity contribution in [1.82, 2.24) is 9.78 Å². The predicted octanol–water partition coefficient (Wildman–Crippen LogP) is 1.83. The minimum Gasteiger partial charge on any atom is -0.379 e. The van der Waals surface area contributed by atoms with E-state index in [9.17, 15) is 0 Å². The number of nitrogens with two attached hydrogens (primary N) is 1. The van der Waals surface area contributed by atoms with Gasteiger partial charge in [-0.15, -0.1) is 0 Å². The van der Waals surface area contributed by atoms with E-state index in [2.05, 4.69) is 39.0 Å². The smallest absolute Gasteiger partial charge is 0.0773 e. The van der Waals surface area contributed by atoms with Gasteiger partial charge in [-0.2, -0.15) is 5.10 Å². The van der Waals surface area contributed by atoms with E-state index in [1.165, 1.54) is 5.56 Å². The van der Waals surface area contributed by atoms with Gasteiger partial charge >= 0.3 is 0 Å². The van der Waals surface area contributed by atoms with Crippen LogP contribution in [0.4, 0.5) is 0 Å². The summed E-state index contributed by atoms with van der Waals surface area (Å²) in [5.74, 6) is 0. The fraction of sp³-hybridized carbons (Fsp3) is 0.769. The molecular weight excluding hydrogens is 214 g/mol. The Morgan fingerprint density at radius 2 is 2.12 bits per heavy atom. The molecule has 1 heterocycles.